The quantitative estimate of drug-likeness (QED) is 0.0246. The van der Waals surface area contributed by atoms with Gasteiger partial charge in [0.15, 0.2) is 24.8 Å². The van der Waals surface area contributed by atoms with Gasteiger partial charge in [0, 0.05) is 63.0 Å². The van der Waals surface area contributed by atoms with Crippen LogP contribution in [-0.2, 0) is 58.8 Å². The molecule has 3 aliphatic heterocycles. The molecule has 32 nitrogen and oxygen atoms in total. The number of carboxylic acid groups (broad SMARTS) is 1. The number of imidazole rings is 1. The Morgan fingerprint density at radius 2 is 1.35 bits per heavy atom. The SMILES string of the molecule is NC[C@@H]1O[C@H](O[C@@H]2[C@H](O)[C@@H](O[C@@H]3[C@@H](O)[C@H](N)C[C@H](N)[C@H]3O[C@H]3O[C@H](CN)[C@@H](O)[C@H](O)[C@H]3N)O[C@H]2COCC(=O)NCCC(=O)N[C@@H](CCCN=C(N)N)C(=O)N[C@@H](Cc2cnc[nH]2)C(=O)O)[C@H](N)[C@@H](O)[C@@H]1O. The highest BCUT2D eigenvalue weighted by atomic mass is 16.8. The number of carboxylic acids is 1. The molecule has 72 heavy (non-hydrogen) atoms. The molecule has 1 saturated carbocycles. The van der Waals surface area contributed by atoms with Gasteiger partial charge in [-0.05, 0) is 19.3 Å². The van der Waals surface area contributed by atoms with Crippen LogP contribution in [0, 0.1) is 0 Å². The predicted octanol–water partition coefficient (Wildman–Crippen LogP) is -11.3. The summed E-state index contributed by atoms with van der Waals surface area (Å²) in [7, 11) is 0. The number of hydrogen-bond acceptors (Lipinski definition) is 25. The van der Waals surface area contributed by atoms with Crippen molar-refractivity contribution in [1.82, 2.24) is 25.9 Å². The van der Waals surface area contributed by atoms with Crippen LogP contribution < -0.4 is 61.8 Å². The molecule has 3 amide bonds. The second-order valence-corrected chi connectivity index (χ2v) is 17.9. The minimum atomic E-state index is -1.78. The molecule has 4 heterocycles. The molecule has 1 aromatic heterocycles. The van der Waals surface area contributed by atoms with Crippen LogP contribution in [-0.4, -0.2) is 243 Å². The van der Waals surface area contributed by atoms with Gasteiger partial charge in [-0.1, -0.05) is 0 Å². The van der Waals surface area contributed by atoms with Gasteiger partial charge in [-0.15, -0.1) is 0 Å². The number of guanidine groups is 1. The van der Waals surface area contributed by atoms with Crippen LogP contribution in [0.5, 0.6) is 0 Å². The number of nitrogens with zero attached hydrogens (tertiary/aromatic N) is 2. The number of carbonyl (C=O) groups is 4. The minimum Gasteiger partial charge on any atom is -0.480 e. The lowest BCUT2D eigenvalue weighted by molar-refractivity contribution is -0.307. The summed E-state index contributed by atoms with van der Waals surface area (Å²) in [5.41, 5.74) is 47.6. The van der Waals surface area contributed by atoms with Gasteiger partial charge >= 0.3 is 5.97 Å². The van der Waals surface area contributed by atoms with Crippen molar-refractivity contribution in [3.63, 3.8) is 0 Å². The molecular formula is C40H72N14O18. The molecule has 0 spiro atoms. The number of aliphatic carboxylic acids is 1. The number of aromatic amines is 1. The van der Waals surface area contributed by atoms with E-state index in [-0.39, 0.29) is 64.2 Å². The zero-order chi connectivity index (χ0) is 53.0. The summed E-state index contributed by atoms with van der Waals surface area (Å²) >= 11 is 0. The topological polar surface area (TPSA) is 560 Å². The Hall–Kier alpha value is -4.40. The van der Waals surface area contributed by atoms with Crippen molar-refractivity contribution < 1.29 is 88.1 Å². The van der Waals surface area contributed by atoms with E-state index in [0.29, 0.717) is 5.69 Å². The van der Waals surface area contributed by atoms with Crippen LogP contribution in [0.2, 0.25) is 0 Å². The molecule has 21 atom stereocenters. The second kappa shape index (κ2) is 27.2. The normalized spacial score (nSPS) is 36.8. The van der Waals surface area contributed by atoms with Crippen LogP contribution in [0.15, 0.2) is 17.5 Å². The van der Waals surface area contributed by atoms with E-state index < -0.39 is 165 Å². The summed E-state index contributed by atoms with van der Waals surface area (Å²) in [6.45, 7) is -1.79. The number of nitrogens with two attached hydrogens (primary N) is 8. The predicted molar refractivity (Wildman–Crippen MR) is 243 cm³/mol. The summed E-state index contributed by atoms with van der Waals surface area (Å²) < 4.78 is 41.5. The molecule has 32 heteroatoms. The lowest BCUT2D eigenvalue weighted by Crippen LogP contribution is -2.68. The lowest BCUT2D eigenvalue weighted by atomic mass is 9.84. The highest BCUT2D eigenvalue weighted by Crippen LogP contribution is 2.34. The molecule has 4 fully saturated rings. The Morgan fingerprint density at radius 3 is 1.92 bits per heavy atom. The fourth-order valence-corrected chi connectivity index (χ4v) is 8.49. The number of rotatable bonds is 25. The zero-order valence-corrected chi connectivity index (χ0v) is 39.2. The van der Waals surface area contributed by atoms with E-state index in [2.05, 4.69) is 30.9 Å². The van der Waals surface area contributed by atoms with Gasteiger partial charge < -0.3 is 136 Å². The summed E-state index contributed by atoms with van der Waals surface area (Å²) in [6.07, 6.45) is -19.3. The first-order chi connectivity index (χ1) is 34.1. The smallest absolute Gasteiger partial charge is 0.326 e. The van der Waals surface area contributed by atoms with Crippen LogP contribution in [0.3, 0.4) is 0 Å². The van der Waals surface area contributed by atoms with Crippen molar-refractivity contribution in [3.05, 3.63) is 18.2 Å². The molecule has 0 unspecified atom stereocenters. The molecular weight excluding hydrogens is 965 g/mol. The van der Waals surface area contributed by atoms with Gasteiger partial charge in [0.25, 0.3) is 0 Å². The Morgan fingerprint density at radius 1 is 0.750 bits per heavy atom. The van der Waals surface area contributed by atoms with E-state index in [0.717, 1.165) is 0 Å². The fourth-order valence-electron chi connectivity index (χ4n) is 8.49. The number of H-pyrrole nitrogens is 1. The van der Waals surface area contributed by atoms with Gasteiger partial charge in [0.2, 0.25) is 17.7 Å². The summed E-state index contributed by atoms with van der Waals surface area (Å²) in [5, 5.41) is 82.3. The highest BCUT2D eigenvalue weighted by Gasteiger charge is 2.54. The molecule has 27 N–H and O–H groups in total. The first-order valence-corrected chi connectivity index (χ1v) is 23.3. The first kappa shape index (κ1) is 58.5. The van der Waals surface area contributed by atoms with Crippen molar-refractivity contribution in [2.24, 2.45) is 50.9 Å². The first-order valence-electron chi connectivity index (χ1n) is 23.3. The summed E-state index contributed by atoms with van der Waals surface area (Å²) in [4.78, 5) is 61.6. The minimum absolute atomic E-state index is 0.00213. The third-order valence-electron chi connectivity index (χ3n) is 12.6. The number of amides is 3. The van der Waals surface area contributed by atoms with Gasteiger partial charge in [-0.2, -0.15) is 0 Å². The zero-order valence-electron chi connectivity index (χ0n) is 39.2. The number of nitrogens with one attached hydrogen (secondary N) is 4. The molecule has 3 saturated heterocycles. The van der Waals surface area contributed by atoms with Crippen LogP contribution in [0.4, 0.5) is 0 Å². The number of aliphatic hydroxyl groups is 6. The maximum atomic E-state index is 13.3. The third kappa shape index (κ3) is 15.3. The standard InChI is InChI=1S/C40H72N14O18/c41-8-19-27(58)29(60)24(45)37(67-19)70-32-16(44)7-15(43)26(57)34(32)72-39-31(62)33(71-38-25(46)30(61)28(59)20(9-42)68-38)21(69-39)11-66-12-23(56)50-5-3-22(55)53-17(2-1-4-51-40(47)48)35(63)54-18(36(64)65)6-14-10-49-13-52-14/h10,13,15-21,24-34,37-39,57-62H,1-9,11-12,41-46H2,(H,49,52)(H,50,56)(H,53,55)(H,54,63)(H,64,65)(H4,47,48,51)/t15-,16+,17+,18+,19-,20+,21+,24-,25-,26+,27-,28-,29-,30-,31+,32-,33+,34-,37-,38-,39-/m1/s1. The molecule has 4 aliphatic rings. The largest absolute Gasteiger partial charge is 0.480 e. The van der Waals surface area contributed by atoms with Crippen molar-refractivity contribution >= 4 is 29.7 Å². The van der Waals surface area contributed by atoms with Crippen molar-refractivity contribution in [2.45, 2.75) is 160 Å². The Balaban J connectivity index is 1.22. The fraction of sp³-hybridized carbons (Fsp3) is 0.800. The highest BCUT2D eigenvalue weighted by molar-refractivity contribution is 5.90. The third-order valence-corrected chi connectivity index (χ3v) is 12.6. The van der Waals surface area contributed by atoms with Crippen molar-refractivity contribution in [2.75, 3.05) is 39.4 Å². The maximum absolute atomic E-state index is 13.3. The number of aromatic nitrogens is 2. The Bertz CT molecular complexity index is 1910. The van der Waals surface area contributed by atoms with Crippen LogP contribution in [0.25, 0.3) is 0 Å². The molecule has 5 rings (SSSR count). The number of aliphatic hydroxyl groups excluding tert-OH is 6. The summed E-state index contributed by atoms with van der Waals surface area (Å²) in [6, 6.07) is -7.25. The van der Waals surface area contributed by atoms with E-state index in [4.69, 9.17) is 79.0 Å². The Kier molecular flexibility index (Phi) is 22.1. The number of ether oxygens (including phenoxy) is 7. The average molecular weight is 1040 g/mol. The van der Waals surface area contributed by atoms with Crippen molar-refractivity contribution in [3.8, 4) is 0 Å². The summed E-state index contributed by atoms with van der Waals surface area (Å²) in [5.74, 6) is -3.73. The number of aliphatic imine (C=N–C) groups is 1. The maximum Gasteiger partial charge on any atom is 0.326 e. The molecule has 410 valence electrons. The van der Waals surface area contributed by atoms with Crippen LogP contribution >= 0.6 is 0 Å². The molecule has 0 aromatic carbocycles. The van der Waals surface area contributed by atoms with E-state index in [9.17, 15) is 54.9 Å². The van der Waals surface area contributed by atoms with Crippen molar-refractivity contribution in [1.29, 1.82) is 0 Å². The lowest BCUT2D eigenvalue weighted by Gasteiger charge is -2.47. The average Bonchev–Trinajstić information content (AvgIpc) is 3.96. The molecule has 0 bridgehead atoms. The number of hydrogen-bond donors (Lipinski definition) is 19. The second-order valence-electron chi connectivity index (χ2n) is 17.9. The molecule has 0 radical (unpaired) electrons. The number of carbonyl (C=O) groups excluding carboxylic acids is 3. The van der Waals surface area contributed by atoms with Gasteiger partial charge in [0.05, 0.1) is 31.1 Å². The van der Waals surface area contributed by atoms with Crippen LogP contribution in [0.1, 0.15) is 31.4 Å². The monoisotopic (exact) mass is 1040 g/mol. The van der Waals surface area contributed by atoms with E-state index in [1.807, 2.05) is 0 Å². The molecule has 1 aliphatic carbocycles. The van der Waals surface area contributed by atoms with Gasteiger partial charge in [0.1, 0.15) is 85.8 Å². The van der Waals surface area contributed by atoms with E-state index in [1.165, 1.54) is 12.5 Å². The molecule has 1 aromatic rings. The van der Waals surface area contributed by atoms with Gasteiger partial charge in [-0.25, -0.2) is 9.78 Å². The van der Waals surface area contributed by atoms with E-state index in [1.54, 1.807) is 0 Å². The van der Waals surface area contributed by atoms with E-state index >= 15 is 0 Å². The van der Waals surface area contributed by atoms with Gasteiger partial charge in [-0.3, -0.25) is 19.4 Å². The Labute approximate surface area is 412 Å².